The largest absolute Gasteiger partial charge is 0.481 e. The number of allylic oxidation sites excluding steroid dienone is 1. The molecule has 0 aliphatic rings. The quantitative estimate of drug-likeness (QED) is 0.520. The first kappa shape index (κ1) is 11.8. The molecule has 0 saturated heterocycles. The molecule has 0 bridgehead atoms. The lowest BCUT2D eigenvalue weighted by Gasteiger charge is -2.02. The van der Waals surface area contributed by atoms with Crippen molar-refractivity contribution >= 4 is 5.97 Å². The van der Waals surface area contributed by atoms with Crippen LogP contribution in [0.15, 0.2) is 12.2 Å². The molecular weight excluding hydrogens is 164 g/mol. The van der Waals surface area contributed by atoms with E-state index in [4.69, 9.17) is 11.5 Å². The third kappa shape index (κ3) is 5.98. The number of carboxylic acids is 1. The monoisotopic (exact) mass is 180 g/mol. The van der Waals surface area contributed by atoms with Crippen LogP contribution in [0.2, 0.25) is 0 Å². The summed E-state index contributed by atoms with van der Waals surface area (Å²) in [6.07, 6.45) is 9.79. The number of aliphatic carboxylic acids is 1. The summed E-state index contributed by atoms with van der Waals surface area (Å²) in [5.41, 5.74) is 0. The minimum absolute atomic E-state index is 0.268. The first-order chi connectivity index (χ1) is 6.07. The number of hydrogen-bond acceptors (Lipinski definition) is 1. The van der Waals surface area contributed by atoms with Gasteiger partial charge >= 0.3 is 5.97 Å². The highest BCUT2D eigenvalue weighted by Crippen LogP contribution is 2.07. The van der Waals surface area contributed by atoms with Gasteiger partial charge in [-0.3, -0.25) is 4.79 Å². The third-order valence-corrected chi connectivity index (χ3v) is 1.63. The molecule has 0 heterocycles. The van der Waals surface area contributed by atoms with Crippen molar-refractivity contribution < 1.29 is 9.90 Å². The van der Waals surface area contributed by atoms with E-state index in [2.05, 4.69) is 19.8 Å². The van der Waals surface area contributed by atoms with Crippen LogP contribution in [0.25, 0.3) is 0 Å². The van der Waals surface area contributed by atoms with Crippen LogP contribution in [0.3, 0.4) is 0 Å². The van der Waals surface area contributed by atoms with Gasteiger partial charge in [0.05, 0.1) is 5.92 Å². The van der Waals surface area contributed by atoms with Gasteiger partial charge in [0.15, 0.2) is 0 Å². The molecule has 0 rings (SSSR count). The van der Waals surface area contributed by atoms with E-state index < -0.39 is 11.9 Å². The van der Waals surface area contributed by atoms with E-state index in [0.717, 1.165) is 6.42 Å². The van der Waals surface area contributed by atoms with Gasteiger partial charge < -0.3 is 5.11 Å². The highest BCUT2D eigenvalue weighted by molar-refractivity contribution is 5.72. The molecule has 0 aromatic heterocycles. The van der Waals surface area contributed by atoms with Crippen molar-refractivity contribution in [3.8, 4) is 12.3 Å². The van der Waals surface area contributed by atoms with E-state index in [0.29, 0.717) is 5.92 Å². The van der Waals surface area contributed by atoms with Gasteiger partial charge in [-0.05, 0) is 12.3 Å². The fraction of sp³-hybridized carbons (Fsp3) is 0.545. The van der Waals surface area contributed by atoms with Crippen LogP contribution < -0.4 is 0 Å². The van der Waals surface area contributed by atoms with Crippen LogP contribution in [0, 0.1) is 24.2 Å². The summed E-state index contributed by atoms with van der Waals surface area (Å²) >= 11 is 0. The Balaban J connectivity index is 4.03. The fourth-order valence-electron chi connectivity index (χ4n) is 0.880. The molecule has 0 aliphatic carbocycles. The summed E-state index contributed by atoms with van der Waals surface area (Å²) in [6, 6.07) is 0. The Hall–Kier alpha value is -1.23. The van der Waals surface area contributed by atoms with Gasteiger partial charge in [0.1, 0.15) is 0 Å². The number of hydrogen-bond donors (Lipinski definition) is 1. The van der Waals surface area contributed by atoms with E-state index in [1.54, 1.807) is 6.08 Å². The summed E-state index contributed by atoms with van der Waals surface area (Å²) in [5, 5.41) is 8.72. The maximum absolute atomic E-state index is 10.6. The lowest BCUT2D eigenvalue weighted by Crippen LogP contribution is -2.09. The average molecular weight is 180 g/mol. The highest BCUT2D eigenvalue weighted by Gasteiger charge is 2.11. The van der Waals surface area contributed by atoms with Gasteiger partial charge in [-0.15, -0.1) is 12.3 Å². The lowest BCUT2D eigenvalue weighted by molar-refractivity contribution is -0.139. The number of rotatable bonds is 5. The van der Waals surface area contributed by atoms with E-state index in [-0.39, 0.29) is 6.42 Å². The van der Waals surface area contributed by atoms with Gasteiger partial charge in [-0.25, -0.2) is 0 Å². The van der Waals surface area contributed by atoms with Crippen LogP contribution in [0.4, 0.5) is 0 Å². The first-order valence-corrected chi connectivity index (χ1v) is 4.40. The van der Waals surface area contributed by atoms with E-state index in [9.17, 15) is 4.79 Å². The maximum Gasteiger partial charge on any atom is 0.311 e. The molecule has 0 fully saturated rings. The second-order valence-electron chi connectivity index (χ2n) is 3.41. The van der Waals surface area contributed by atoms with Crippen LogP contribution in [0.1, 0.15) is 26.7 Å². The molecule has 2 nitrogen and oxygen atoms in total. The summed E-state index contributed by atoms with van der Waals surface area (Å²) in [5.74, 6) is 1.53. The van der Waals surface area contributed by atoms with E-state index >= 15 is 0 Å². The van der Waals surface area contributed by atoms with Crippen LogP contribution in [-0.4, -0.2) is 11.1 Å². The minimum Gasteiger partial charge on any atom is -0.481 e. The molecule has 2 heteroatoms. The van der Waals surface area contributed by atoms with Gasteiger partial charge in [0.25, 0.3) is 0 Å². The molecule has 1 unspecified atom stereocenters. The zero-order chi connectivity index (χ0) is 10.3. The molecule has 0 radical (unpaired) electrons. The van der Waals surface area contributed by atoms with Crippen molar-refractivity contribution in [2.75, 3.05) is 0 Å². The molecule has 0 spiro atoms. The van der Waals surface area contributed by atoms with Gasteiger partial charge in [0, 0.05) is 6.42 Å². The number of terminal acetylenes is 1. The van der Waals surface area contributed by atoms with Crippen molar-refractivity contribution in [2.45, 2.75) is 26.7 Å². The van der Waals surface area contributed by atoms with Gasteiger partial charge in [0.2, 0.25) is 0 Å². The molecule has 13 heavy (non-hydrogen) atoms. The van der Waals surface area contributed by atoms with E-state index in [1.807, 2.05) is 6.08 Å². The van der Waals surface area contributed by atoms with Crippen LogP contribution in [-0.2, 0) is 4.79 Å². The molecule has 0 saturated carbocycles. The molecular formula is C11H16O2. The summed E-state index contributed by atoms with van der Waals surface area (Å²) in [7, 11) is 0. The predicted octanol–water partition coefficient (Wildman–Crippen LogP) is 2.31. The SMILES string of the molecule is C#CCC(/C=C/CC(C)C)C(=O)O. The normalized spacial score (nSPS) is 13.1. The Bertz CT molecular complexity index is 221. The smallest absolute Gasteiger partial charge is 0.311 e. The Morgan fingerprint density at radius 2 is 2.23 bits per heavy atom. The highest BCUT2D eigenvalue weighted by atomic mass is 16.4. The Morgan fingerprint density at radius 1 is 1.62 bits per heavy atom. The molecule has 0 aromatic carbocycles. The summed E-state index contributed by atoms with van der Waals surface area (Å²) in [6.45, 7) is 4.17. The zero-order valence-corrected chi connectivity index (χ0v) is 8.16. The minimum atomic E-state index is -0.849. The molecule has 0 aliphatic heterocycles. The average Bonchev–Trinajstić information content (AvgIpc) is 2.02. The lowest BCUT2D eigenvalue weighted by atomic mass is 10.0. The Kier molecular flexibility index (Phi) is 5.71. The third-order valence-electron chi connectivity index (χ3n) is 1.63. The molecule has 72 valence electrons. The molecule has 1 atom stereocenters. The van der Waals surface area contributed by atoms with Crippen molar-refractivity contribution in [1.82, 2.24) is 0 Å². The van der Waals surface area contributed by atoms with Crippen LogP contribution >= 0.6 is 0 Å². The summed E-state index contributed by atoms with van der Waals surface area (Å²) < 4.78 is 0. The maximum atomic E-state index is 10.6. The Labute approximate surface area is 79.7 Å². The molecule has 0 amide bonds. The second-order valence-corrected chi connectivity index (χ2v) is 3.41. The standard InChI is InChI=1S/C11H16O2/c1-4-6-10(11(12)13)8-5-7-9(2)3/h1,5,8-10H,6-7H2,2-3H3,(H,12,13)/b8-5+. The van der Waals surface area contributed by atoms with Crippen molar-refractivity contribution in [2.24, 2.45) is 11.8 Å². The first-order valence-electron chi connectivity index (χ1n) is 4.40. The predicted molar refractivity (Wildman–Crippen MR) is 53.2 cm³/mol. The van der Waals surface area contributed by atoms with Crippen molar-refractivity contribution in [3.63, 3.8) is 0 Å². The second kappa shape index (κ2) is 6.30. The van der Waals surface area contributed by atoms with Crippen molar-refractivity contribution in [1.29, 1.82) is 0 Å². The molecule has 0 aromatic rings. The van der Waals surface area contributed by atoms with E-state index in [1.165, 1.54) is 0 Å². The van der Waals surface area contributed by atoms with Crippen molar-refractivity contribution in [3.05, 3.63) is 12.2 Å². The topological polar surface area (TPSA) is 37.3 Å². The van der Waals surface area contributed by atoms with Crippen LogP contribution in [0.5, 0.6) is 0 Å². The molecule has 1 N–H and O–H groups in total. The zero-order valence-electron chi connectivity index (χ0n) is 8.16. The number of carbonyl (C=O) groups is 1. The van der Waals surface area contributed by atoms with Gasteiger partial charge in [-0.1, -0.05) is 26.0 Å². The number of carboxylic acid groups (broad SMARTS) is 1. The summed E-state index contributed by atoms with van der Waals surface area (Å²) in [4.78, 5) is 10.6. The Morgan fingerprint density at radius 3 is 2.62 bits per heavy atom. The van der Waals surface area contributed by atoms with Gasteiger partial charge in [-0.2, -0.15) is 0 Å². The fourth-order valence-corrected chi connectivity index (χ4v) is 0.880.